The van der Waals surface area contributed by atoms with Crippen LogP contribution in [0.15, 0.2) is 22.7 Å². The summed E-state index contributed by atoms with van der Waals surface area (Å²) < 4.78 is 6.42. The van der Waals surface area contributed by atoms with Gasteiger partial charge >= 0.3 is 0 Å². The van der Waals surface area contributed by atoms with Gasteiger partial charge < -0.3 is 10.1 Å². The Kier molecular flexibility index (Phi) is 3.21. The lowest BCUT2D eigenvalue weighted by Gasteiger charge is -2.26. The Morgan fingerprint density at radius 3 is 3.21 bits per heavy atom. The lowest BCUT2D eigenvalue weighted by Crippen LogP contribution is -2.30. The maximum Gasteiger partial charge on any atom is 0.0543 e. The molecule has 1 aliphatic rings. The second kappa shape index (κ2) is 4.43. The minimum absolute atomic E-state index is 0.487. The largest absolute Gasteiger partial charge is 0.384 e. The number of hydrogen-bond donors (Lipinski definition) is 1. The van der Waals surface area contributed by atoms with Gasteiger partial charge in [0, 0.05) is 30.6 Å². The Bertz CT molecular complexity index is 327. The topological polar surface area (TPSA) is 21.3 Å². The molecule has 1 unspecified atom stereocenters. The van der Waals surface area contributed by atoms with Crippen LogP contribution >= 0.6 is 15.9 Å². The average molecular weight is 256 g/mol. The van der Waals surface area contributed by atoms with E-state index >= 15 is 0 Å². The van der Waals surface area contributed by atoms with Crippen molar-refractivity contribution >= 4 is 15.9 Å². The molecule has 1 N–H and O–H groups in total. The molecule has 0 bridgehead atoms. The third-order valence-corrected chi connectivity index (χ3v) is 3.40. The first-order chi connectivity index (χ1) is 6.83. The summed E-state index contributed by atoms with van der Waals surface area (Å²) in [5.41, 5.74) is 2.79. The van der Waals surface area contributed by atoms with E-state index in [0.717, 1.165) is 19.7 Å². The molecule has 0 fully saturated rings. The molecular formula is C11H14BrNO. The van der Waals surface area contributed by atoms with E-state index in [-0.39, 0.29) is 0 Å². The number of methoxy groups -OCH3 is 1. The van der Waals surface area contributed by atoms with Crippen molar-refractivity contribution in [1.82, 2.24) is 5.32 Å². The molecule has 2 nitrogen and oxygen atoms in total. The second-order valence-corrected chi connectivity index (χ2v) is 4.45. The van der Waals surface area contributed by atoms with Crippen molar-refractivity contribution in [2.24, 2.45) is 0 Å². The van der Waals surface area contributed by atoms with E-state index in [1.54, 1.807) is 7.11 Å². The van der Waals surface area contributed by atoms with E-state index in [9.17, 15) is 0 Å². The molecule has 0 aromatic heterocycles. The fourth-order valence-electron chi connectivity index (χ4n) is 1.98. The number of ether oxygens (including phenoxy) is 1. The summed E-state index contributed by atoms with van der Waals surface area (Å²) in [4.78, 5) is 0. The van der Waals surface area contributed by atoms with Crippen LogP contribution in [0.3, 0.4) is 0 Å². The zero-order valence-electron chi connectivity index (χ0n) is 8.22. The Morgan fingerprint density at radius 2 is 2.43 bits per heavy atom. The summed E-state index contributed by atoms with van der Waals surface area (Å²) in [6, 6.07) is 6.39. The fraction of sp³-hybridized carbons (Fsp3) is 0.455. The Balaban J connectivity index is 2.34. The molecule has 1 aliphatic heterocycles. The average Bonchev–Trinajstić information content (AvgIpc) is 2.20. The first-order valence-corrected chi connectivity index (χ1v) is 5.59. The van der Waals surface area contributed by atoms with Gasteiger partial charge in [-0.05, 0) is 17.2 Å². The molecule has 0 radical (unpaired) electrons. The predicted molar refractivity (Wildman–Crippen MR) is 60.5 cm³/mol. The quantitative estimate of drug-likeness (QED) is 0.876. The van der Waals surface area contributed by atoms with Gasteiger partial charge in [0.25, 0.3) is 0 Å². The monoisotopic (exact) mass is 255 g/mol. The van der Waals surface area contributed by atoms with Crippen LogP contribution in [0, 0.1) is 0 Å². The summed E-state index contributed by atoms with van der Waals surface area (Å²) in [5.74, 6) is 0.487. The molecule has 1 aromatic carbocycles. The number of fused-ring (bicyclic) bond motifs is 1. The molecule has 0 saturated carbocycles. The zero-order chi connectivity index (χ0) is 9.97. The van der Waals surface area contributed by atoms with Crippen LogP contribution < -0.4 is 5.32 Å². The van der Waals surface area contributed by atoms with Gasteiger partial charge in [0.2, 0.25) is 0 Å². The normalized spacial score (nSPS) is 20.6. The highest BCUT2D eigenvalue weighted by Gasteiger charge is 2.20. The highest BCUT2D eigenvalue weighted by molar-refractivity contribution is 9.10. The third kappa shape index (κ3) is 1.85. The van der Waals surface area contributed by atoms with Crippen molar-refractivity contribution in [3.05, 3.63) is 33.8 Å². The first kappa shape index (κ1) is 10.1. The maximum atomic E-state index is 5.22. The zero-order valence-corrected chi connectivity index (χ0v) is 9.80. The summed E-state index contributed by atoms with van der Waals surface area (Å²) in [5, 5.41) is 3.41. The van der Waals surface area contributed by atoms with Crippen LogP contribution in [0.5, 0.6) is 0 Å². The molecule has 2 rings (SSSR count). The minimum Gasteiger partial charge on any atom is -0.384 e. The minimum atomic E-state index is 0.487. The van der Waals surface area contributed by atoms with Gasteiger partial charge in [-0.25, -0.2) is 0 Å². The predicted octanol–water partition coefficient (Wildman–Crippen LogP) is 2.28. The van der Waals surface area contributed by atoms with Crippen LogP contribution in [-0.4, -0.2) is 20.3 Å². The first-order valence-electron chi connectivity index (χ1n) is 4.80. The van der Waals surface area contributed by atoms with Gasteiger partial charge in [-0.1, -0.05) is 28.1 Å². The van der Waals surface area contributed by atoms with Gasteiger partial charge in [0.05, 0.1) is 6.61 Å². The van der Waals surface area contributed by atoms with Crippen LogP contribution in [-0.2, 0) is 11.3 Å². The van der Waals surface area contributed by atoms with E-state index in [2.05, 4.69) is 39.4 Å². The number of nitrogens with one attached hydrogen (secondary N) is 1. The molecule has 0 aliphatic carbocycles. The van der Waals surface area contributed by atoms with E-state index in [4.69, 9.17) is 4.74 Å². The van der Waals surface area contributed by atoms with Crippen molar-refractivity contribution < 1.29 is 4.74 Å². The highest BCUT2D eigenvalue weighted by Crippen LogP contribution is 2.29. The van der Waals surface area contributed by atoms with E-state index < -0.39 is 0 Å². The molecule has 3 heteroatoms. The van der Waals surface area contributed by atoms with Gasteiger partial charge in [-0.15, -0.1) is 0 Å². The highest BCUT2D eigenvalue weighted by atomic mass is 79.9. The van der Waals surface area contributed by atoms with Crippen LogP contribution in [0.2, 0.25) is 0 Å². The van der Waals surface area contributed by atoms with Gasteiger partial charge in [-0.2, -0.15) is 0 Å². The van der Waals surface area contributed by atoms with Gasteiger partial charge in [0.1, 0.15) is 0 Å². The summed E-state index contributed by atoms with van der Waals surface area (Å²) in [7, 11) is 1.76. The summed E-state index contributed by atoms with van der Waals surface area (Å²) in [6.07, 6.45) is 0. The van der Waals surface area contributed by atoms with Crippen molar-refractivity contribution in [2.75, 3.05) is 20.3 Å². The van der Waals surface area contributed by atoms with Crippen molar-refractivity contribution in [3.63, 3.8) is 0 Å². The van der Waals surface area contributed by atoms with Crippen molar-refractivity contribution in [1.29, 1.82) is 0 Å². The summed E-state index contributed by atoms with van der Waals surface area (Å²) >= 11 is 3.58. The molecule has 1 aromatic rings. The number of hydrogen-bond acceptors (Lipinski definition) is 2. The Morgan fingerprint density at radius 1 is 1.57 bits per heavy atom. The molecule has 0 amide bonds. The third-order valence-electron chi connectivity index (χ3n) is 2.66. The Labute approximate surface area is 92.8 Å². The maximum absolute atomic E-state index is 5.22. The molecular weight excluding hydrogens is 242 g/mol. The molecule has 14 heavy (non-hydrogen) atoms. The number of halogens is 1. The van der Waals surface area contributed by atoms with Crippen molar-refractivity contribution in [2.45, 2.75) is 12.5 Å². The molecule has 0 saturated heterocycles. The Hall–Kier alpha value is -0.380. The van der Waals surface area contributed by atoms with Gasteiger partial charge in [-0.3, -0.25) is 0 Å². The standard InChI is InChI=1S/C11H14BrNO/c1-14-7-8-5-13-6-10-9(8)3-2-4-11(10)12/h2-4,8,13H,5-7H2,1H3. The second-order valence-electron chi connectivity index (χ2n) is 3.59. The molecule has 1 heterocycles. The van der Waals surface area contributed by atoms with Gasteiger partial charge in [0.15, 0.2) is 0 Å². The SMILES string of the molecule is COCC1CNCc2c(Br)cccc21. The fourth-order valence-corrected chi connectivity index (χ4v) is 2.50. The molecule has 76 valence electrons. The van der Waals surface area contributed by atoms with E-state index in [0.29, 0.717) is 5.92 Å². The van der Waals surface area contributed by atoms with E-state index in [1.807, 2.05) is 0 Å². The van der Waals surface area contributed by atoms with Crippen LogP contribution in [0.25, 0.3) is 0 Å². The van der Waals surface area contributed by atoms with Crippen molar-refractivity contribution in [3.8, 4) is 0 Å². The van der Waals surface area contributed by atoms with Crippen LogP contribution in [0.1, 0.15) is 17.0 Å². The van der Waals surface area contributed by atoms with Crippen LogP contribution in [0.4, 0.5) is 0 Å². The molecule has 1 atom stereocenters. The number of rotatable bonds is 2. The van der Waals surface area contributed by atoms with E-state index in [1.165, 1.54) is 15.6 Å². The molecule has 0 spiro atoms. The lowest BCUT2D eigenvalue weighted by atomic mass is 9.91. The smallest absolute Gasteiger partial charge is 0.0543 e. The summed E-state index contributed by atoms with van der Waals surface area (Å²) in [6.45, 7) is 2.75. The lowest BCUT2D eigenvalue weighted by molar-refractivity contribution is 0.175. The number of benzene rings is 1.